The van der Waals surface area contributed by atoms with Crippen molar-refractivity contribution in [2.24, 2.45) is 0 Å². The number of amides is 1. The van der Waals surface area contributed by atoms with Crippen LogP contribution in [0.4, 0.5) is 0 Å². The number of hydrogen-bond donors (Lipinski definition) is 1. The van der Waals surface area contributed by atoms with Crippen molar-refractivity contribution in [3.63, 3.8) is 0 Å². The SMILES string of the molecule is C=C/C=C(/CCNC(=O)/C(=C\P)c1ccccc1)SC. The normalized spacial score (nSPS) is 12.1. The molecule has 2 nitrogen and oxygen atoms in total. The Morgan fingerprint density at radius 1 is 1.40 bits per heavy atom. The minimum atomic E-state index is -0.0507. The lowest BCUT2D eigenvalue weighted by atomic mass is 10.1. The van der Waals surface area contributed by atoms with Crippen LogP contribution in [0, 0.1) is 0 Å². The predicted octanol–water partition coefficient (Wildman–Crippen LogP) is 3.84. The Hall–Kier alpha value is -1.31. The molecule has 0 heterocycles. The van der Waals surface area contributed by atoms with Crippen molar-refractivity contribution >= 4 is 32.5 Å². The third-order valence-corrected chi connectivity index (χ3v) is 3.92. The van der Waals surface area contributed by atoms with E-state index in [1.165, 1.54) is 4.91 Å². The van der Waals surface area contributed by atoms with Crippen LogP contribution >= 0.6 is 21.0 Å². The summed E-state index contributed by atoms with van der Waals surface area (Å²) in [6, 6.07) is 9.65. The number of benzene rings is 1. The van der Waals surface area contributed by atoms with Crippen molar-refractivity contribution in [2.75, 3.05) is 12.8 Å². The van der Waals surface area contributed by atoms with E-state index in [2.05, 4.69) is 21.1 Å². The van der Waals surface area contributed by atoms with E-state index < -0.39 is 0 Å². The predicted molar refractivity (Wildman–Crippen MR) is 93.6 cm³/mol. The maximum Gasteiger partial charge on any atom is 0.251 e. The minimum absolute atomic E-state index is 0.0507. The molecule has 4 heteroatoms. The fourth-order valence-electron chi connectivity index (χ4n) is 1.70. The molecule has 0 aliphatic rings. The van der Waals surface area contributed by atoms with Gasteiger partial charge in [0.1, 0.15) is 0 Å². The highest BCUT2D eigenvalue weighted by Crippen LogP contribution is 2.17. The first-order valence-corrected chi connectivity index (χ1v) is 8.23. The number of carbonyl (C=O) groups excluding carboxylic acids is 1. The summed E-state index contributed by atoms with van der Waals surface area (Å²) in [4.78, 5) is 13.4. The molecule has 1 atom stereocenters. The first-order valence-electron chi connectivity index (χ1n) is 6.34. The molecular weight excluding hydrogens is 285 g/mol. The van der Waals surface area contributed by atoms with Crippen molar-refractivity contribution in [3.8, 4) is 0 Å². The molecule has 1 amide bonds. The van der Waals surface area contributed by atoms with Crippen LogP contribution in [0.15, 0.2) is 59.8 Å². The third-order valence-electron chi connectivity index (χ3n) is 2.72. The highest BCUT2D eigenvalue weighted by atomic mass is 32.2. The fraction of sp³-hybridized carbons (Fsp3) is 0.188. The van der Waals surface area contributed by atoms with Gasteiger partial charge in [0.05, 0.1) is 0 Å². The largest absolute Gasteiger partial charge is 0.352 e. The first-order chi connectivity index (χ1) is 9.72. The van der Waals surface area contributed by atoms with Gasteiger partial charge in [-0.25, -0.2) is 0 Å². The summed E-state index contributed by atoms with van der Waals surface area (Å²) in [6.45, 7) is 4.30. The molecule has 0 aliphatic heterocycles. The van der Waals surface area contributed by atoms with Crippen LogP contribution in [0.5, 0.6) is 0 Å². The number of allylic oxidation sites excluding steroid dienone is 2. The molecule has 0 aliphatic carbocycles. The van der Waals surface area contributed by atoms with Crippen molar-refractivity contribution < 1.29 is 4.79 Å². The van der Waals surface area contributed by atoms with E-state index in [0.717, 1.165) is 12.0 Å². The lowest BCUT2D eigenvalue weighted by Gasteiger charge is -2.09. The quantitative estimate of drug-likeness (QED) is 0.471. The zero-order valence-electron chi connectivity index (χ0n) is 11.6. The van der Waals surface area contributed by atoms with Gasteiger partial charge in [-0.3, -0.25) is 4.79 Å². The van der Waals surface area contributed by atoms with Crippen LogP contribution in [0.2, 0.25) is 0 Å². The smallest absolute Gasteiger partial charge is 0.251 e. The van der Waals surface area contributed by atoms with Gasteiger partial charge in [-0.2, -0.15) is 0 Å². The molecule has 0 fully saturated rings. The maximum atomic E-state index is 12.2. The average Bonchev–Trinajstić information content (AvgIpc) is 2.48. The summed E-state index contributed by atoms with van der Waals surface area (Å²) >= 11 is 1.68. The van der Waals surface area contributed by atoms with Gasteiger partial charge < -0.3 is 5.32 Å². The van der Waals surface area contributed by atoms with Gasteiger partial charge in [-0.15, -0.1) is 21.0 Å². The van der Waals surface area contributed by atoms with E-state index in [1.807, 2.05) is 42.7 Å². The van der Waals surface area contributed by atoms with E-state index in [1.54, 1.807) is 23.7 Å². The van der Waals surface area contributed by atoms with Crippen LogP contribution in [0.3, 0.4) is 0 Å². The molecule has 1 aromatic rings. The Morgan fingerprint density at radius 3 is 2.65 bits per heavy atom. The van der Waals surface area contributed by atoms with Gasteiger partial charge >= 0.3 is 0 Å². The van der Waals surface area contributed by atoms with E-state index in [4.69, 9.17) is 0 Å². The van der Waals surface area contributed by atoms with Gasteiger partial charge in [0.15, 0.2) is 0 Å². The highest BCUT2D eigenvalue weighted by molar-refractivity contribution is 8.02. The van der Waals surface area contributed by atoms with Gasteiger partial charge in [0, 0.05) is 12.1 Å². The molecule has 0 aromatic heterocycles. The van der Waals surface area contributed by atoms with Crippen LogP contribution < -0.4 is 5.32 Å². The second-order valence-electron chi connectivity index (χ2n) is 4.03. The average molecular weight is 305 g/mol. The van der Waals surface area contributed by atoms with Gasteiger partial charge in [0.2, 0.25) is 0 Å². The maximum absolute atomic E-state index is 12.2. The second-order valence-corrected chi connectivity index (χ2v) is 5.29. The minimum Gasteiger partial charge on any atom is -0.352 e. The molecule has 0 saturated heterocycles. The Bertz CT molecular complexity index is 508. The number of nitrogens with one attached hydrogen (secondary N) is 1. The molecule has 0 bridgehead atoms. The Kier molecular flexibility index (Phi) is 8.01. The second kappa shape index (κ2) is 9.57. The van der Waals surface area contributed by atoms with Gasteiger partial charge in [-0.1, -0.05) is 54.9 Å². The zero-order valence-corrected chi connectivity index (χ0v) is 13.6. The summed E-state index contributed by atoms with van der Waals surface area (Å²) in [7, 11) is 2.49. The fourth-order valence-corrected chi connectivity index (χ4v) is 2.58. The number of carbonyl (C=O) groups is 1. The molecule has 0 spiro atoms. The lowest BCUT2D eigenvalue weighted by Crippen LogP contribution is -2.25. The highest BCUT2D eigenvalue weighted by Gasteiger charge is 2.10. The summed E-state index contributed by atoms with van der Waals surface area (Å²) in [5, 5.41) is 2.95. The molecule has 0 radical (unpaired) electrons. The van der Waals surface area contributed by atoms with Crippen molar-refractivity contribution in [3.05, 3.63) is 65.3 Å². The number of rotatable bonds is 7. The number of thioether (sulfide) groups is 1. The van der Waals surface area contributed by atoms with E-state index in [9.17, 15) is 4.79 Å². The molecule has 1 rings (SSSR count). The van der Waals surface area contributed by atoms with E-state index in [0.29, 0.717) is 12.1 Å². The molecule has 20 heavy (non-hydrogen) atoms. The Labute approximate surface area is 127 Å². The van der Waals surface area contributed by atoms with Crippen molar-refractivity contribution in [2.45, 2.75) is 6.42 Å². The molecule has 1 N–H and O–H groups in total. The molecule has 1 unspecified atom stereocenters. The zero-order chi connectivity index (χ0) is 14.8. The van der Waals surface area contributed by atoms with Crippen LogP contribution in [-0.2, 0) is 4.79 Å². The van der Waals surface area contributed by atoms with Crippen LogP contribution in [-0.4, -0.2) is 18.7 Å². The topological polar surface area (TPSA) is 29.1 Å². The summed E-state index contributed by atoms with van der Waals surface area (Å²) in [5.74, 6) is 1.71. The molecule has 1 aromatic carbocycles. The van der Waals surface area contributed by atoms with Crippen LogP contribution in [0.1, 0.15) is 12.0 Å². The lowest BCUT2D eigenvalue weighted by molar-refractivity contribution is -0.115. The standard InChI is InChI=1S/C16H20NOPS/c1-3-7-14(20-2)10-11-17-16(18)15(12-19)13-8-5-4-6-9-13/h3-9,12H,1,10-11,19H2,2H3,(H,17,18)/b14-7-,15-12-. The van der Waals surface area contributed by atoms with Crippen molar-refractivity contribution in [1.82, 2.24) is 5.32 Å². The summed E-state index contributed by atoms with van der Waals surface area (Å²) < 4.78 is 0. The van der Waals surface area contributed by atoms with Gasteiger partial charge in [0.25, 0.3) is 5.91 Å². The third kappa shape index (κ3) is 5.36. The molecule has 0 saturated carbocycles. The first kappa shape index (κ1) is 16.7. The van der Waals surface area contributed by atoms with Crippen molar-refractivity contribution in [1.29, 1.82) is 0 Å². The van der Waals surface area contributed by atoms with E-state index >= 15 is 0 Å². The summed E-state index contributed by atoms with van der Waals surface area (Å²) in [5.41, 5.74) is 1.60. The van der Waals surface area contributed by atoms with Crippen LogP contribution in [0.25, 0.3) is 5.57 Å². The van der Waals surface area contributed by atoms with E-state index in [-0.39, 0.29) is 5.91 Å². The Morgan fingerprint density at radius 2 is 2.10 bits per heavy atom. The monoisotopic (exact) mass is 305 g/mol. The molecule has 106 valence electrons. The Balaban J connectivity index is 2.58. The van der Waals surface area contributed by atoms with Gasteiger partial charge in [-0.05, 0) is 23.1 Å². The number of hydrogen-bond acceptors (Lipinski definition) is 2. The summed E-state index contributed by atoms with van der Waals surface area (Å²) in [6.07, 6.45) is 6.58. The molecular formula is C16H20NOPS.